The average Bonchev–Trinajstić information content (AvgIpc) is 2.62. The van der Waals surface area contributed by atoms with Crippen LogP contribution in [-0.2, 0) is 6.54 Å². The second-order valence-corrected chi connectivity index (χ2v) is 5.47. The molecule has 0 radical (unpaired) electrons. The number of anilines is 2. The molecule has 0 fully saturated rings. The first kappa shape index (κ1) is 16.0. The highest BCUT2D eigenvalue weighted by molar-refractivity contribution is 6.31. The summed E-state index contributed by atoms with van der Waals surface area (Å²) in [4.78, 5) is 20.5. The fourth-order valence-corrected chi connectivity index (χ4v) is 2.28. The third-order valence-corrected chi connectivity index (χ3v) is 3.71. The number of hydrogen-bond acceptors (Lipinski definition) is 4. The van der Waals surface area contributed by atoms with E-state index in [1.165, 1.54) is 12.4 Å². The Labute approximate surface area is 144 Å². The van der Waals surface area contributed by atoms with Crippen molar-refractivity contribution >= 4 is 29.1 Å². The van der Waals surface area contributed by atoms with Crippen LogP contribution in [0.2, 0.25) is 5.02 Å². The highest BCUT2D eigenvalue weighted by atomic mass is 35.5. The van der Waals surface area contributed by atoms with Gasteiger partial charge in [0.2, 0.25) is 5.95 Å². The maximum atomic E-state index is 12.1. The zero-order chi connectivity index (χ0) is 16.8. The average molecular weight is 339 g/mol. The second kappa shape index (κ2) is 7.57. The number of benzene rings is 2. The number of carbonyl (C=O) groups excluding carboxylic acids is 1. The van der Waals surface area contributed by atoms with Crippen LogP contribution < -0.4 is 10.6 Å². The smallest absolute Gasteiger partial charge is 0.254 e. The number of amides is 1. The molecule has 5 nitrogen and oxygen atoms in total. The lowest BCUT2D eigenvalue weighted by atomic mass is 10.2. The van der Waals surface area contributed by atoms with Gasteiger partial charge >= 0.3 is 0 Å². The largest absolute Gasteiger partial charge is 0.348 e. The minimum Gasteiger partial charge on any atom is -0.348 e. The number of para-hydroxylation sites is 1. The quantitative estimate of drug-likeness (QED) is 0.742. The molecular weight excluding hydrogens is 324 g/mol. The van der Waals surface area contributed by atoms with Crippen molar-refractivity contribution in [1.29, 1.82) is 0 Å². The van der Waals surface area contributed by atoms with E-state index >= 15 is 0 Å². The number of rotatable bonds is 5. The van der Waals surface area contributed by atoms with E-state index in [1.54, 1.807) is 6.07 Å². The topological polar surface area (TPSA) is 66.9 Å². The molecule has 2 aromatic carbocycles. The third kappa shape index (κ3) is 4.08. The zero-order valence-corrected chi connectivity index (χ0v) is 13.5. The van der Waals surface area contributed by atoms with Crippen molar-refractivity contribution in [2.24, 2.45) is 0 Å². The Hall–Kier alpha value is -2.92. The predicted octanol–water partition coefficient (Wildman–Crippen LogP) is 3.80. The van der Waals surface area contributed by atoms with E-state index in [9.17, 15) is 4.79 Å². The van der Waals surface area contributed by atoms with Gasteiger partial charge in [-0.1, -0.05) is 48.0 Å². The monoisotopic (exact) mass is 338 g/mol. The predicted molar refractivity (Wildman–Crippen MR) is 94.4 cm³/mol. The van der Waals surface area contributed by atoms with Gasteiger partial charge in [0.1, 0.15) is 0 Å². The molecule has 3 rings (SSSR count). The van der Waals surface area contributed by atoms with Gasteiger partial charge in [-0.2, -0.15) is 0 Å². The molecule has 0 saturated heterocycles. The summed E-state index contributed by atoms with van der Waals surface area (Å²) < 4.78 is 0. The van der Waals surface area contributed by atoms with Crippen LogP contribution in [-0.4, -0.2) is 15.9 Å². The van der Waals surface area contributed by atoms with Crippen LogP contribution in [0.5, 0.6) is 0 Å². The first-order chi connectivity index (χ1) is 11.7. The minimum atomic E-state index is -0.249. The normalized spacial score (nSPS) is 10.2. The molecular formula is C18H15ClN4O. The van der Waals surface area contributed by atoms with E-state index in [1.807, 2.05) is 48.5 Å². The minimum absolute atomic E-state index is 0.249. The van der Waals surface area contributed by atoms with E-state index in [0.29, 0.717) is 23.1 Å². The van der Waals surface area contributed by atoms with Gasteiger partial charge in [0.05, 0.1) is 5.56 Å². The molecule has 120 valence electrons. The molecule has 1 heterocycles. The lowest BCUT2D eigenvalue weighted by molar-refractivity contribution is 0.0950. The molecule has 3 aromatic rings. The molecule has 0 aliphatic heterocycles. The Bertz CT molecular complexity index is 822. The van der Waals surface area contributed by atoms with E-state index in [0.717, 1.165) is 11.3 Å². The van der Waals surface area contributed by atoms with Crippen LogP contribution in [0.1, 0.15) is 15.9 Å². The van der Waals surface area contributed by atoms with Gasteiger partial charge in [0.25, 0.3) is 5.91 Å². The Balaban J connectivity index is 1.61. The van der Waals surface area contributed by atoms with Crippen molar-refractivity contribution in [3.05, 3.63) is 83.1 Å². The molecule has 0 unspecified atom stereocenters. The molecule has 2 N–H and O–H groups in total. The SMILES string of the molecule is O=C(NCc1ccccc1Cl)c1cnc(Nc2ccccc2)nc1. The van der Waals surface area contributed by atoms with Crippen LogP contribution in [0, 0.1) is 0 Å². The van der Waals surface area contributed by atoms with Gasteiger partial charge in [-0.15, -0.1) is 0 Å². The van der Waals surface area contributed by atoms with Crippen LogP contribution in [0.4, 0.5) is 11.6 Å². The maximum Gasteiger partial charge on any atom is 0.254 e. The number of nitrogens with one attached hydrogen (secondary N) is 2. The Morgan fingerprint density at radius 3 is 2.33 bits per heavy atom. The van der Waals surface area contributed by atoms with Gasteiger partial charge < -0.3 is 10.6 Å². The zero-order valence-electron chi connectivity index (χ0n) is 12.7. The van der Waals surface area contributed by atoms with Crippen LogP contribution >= 0.6 is 11.6 Å². The van der Waals surface area contributed by atoms with E-state index < -0.39 is 0 Å². The fraction of sp³-hybridized carbons (Fsp3) is 0.0556. The van der Waals surface area contributed by atoms with Crippen LogP contribution in [0.3, 0.4) is 0 Å². The molecule has 0 atom stereocenters. The standard InChI is InChI=1S/C18H15ClN4O/c19-16-9-5-4-6-13(16)10-20-17(24)14-11-21-18(22-12-14)23-15-7-2-1-3-8-15/h1-9,11-12H,10H2,(H,20,24)(H,21,22,23). The summed E-state index contributed by atoms with van der Waals surface area (Å²) in [6.07, 6.45) is 2.97. The summed E-state index contributed by atoms with van der Waals surface area (Å²) in [7, 11) is 0. The third-order valence-electron chi connectivity index (χ3n) is 3.34. The summed E-state index contributed by atoms with van der Waals surface area (Å²) in [5, 5.41) is 6.49. The van der Waals surface area contributed by atoms with E-state index in [2.05, 4.69) is 20.6 Å². The number of nitrogens with zero attached hydrogens (tertiary/aromatic N) is 2. The molecule has 0 spiro atoms. The molecule has 0 bridgehead atoms. The van der Waals surface area contributed by atoms with Crippen molar-refractivity contribution in [1.82, 2.24) is 15.3 Å². The van der Waals surface area contributed by atoms with Gasteiger partial charge in [-0.25, -0.2) is 9.97 Å². The second-order valence-electron chi connectivity index (χ2n) is 5.06. The van der Waals surface area contributed by atoms with Crippen molar-refractivity contribution in [3.8, 4) is 0 Å². The van der Waals surface area contributed by atoms with Crippen molar-refractivity contribution in [2.45, 2.75) is 6.54 Å². The highest BCUT2D eigenvalue weighted by Crippen LogP contribution is 2.15. The summed E-state index contributed by atoms with van der Waals surface area (Å²) in [6, 6.07) is 17.0. The van der Waals surface area contributed by atoms with Gasteiger partial charge in [-0.3, -0.25) is 4.79 Å². The summed E-state index contributed by atoms with van der Waals surface area (Å²) >= 11 is 6.07. The molecule has 1 aromatic heterocycles. The molecule has 1 amide bonds. The highest BCUT2D eigenvalue weighted by Gasteiger charge is 2.08. The number of hydrogen-bond donors (Lipinski definition) is 2. The number of carbonyl (C=O) groups is 1. The molecule has 24 heavy (non-hydrogen) atoms. The first-order valence-electron chi connectivity index (χ1n) is 7.38. The Morgan fingerprint density at radius 2 is 1.62 bits per heavy atom. The Kier molecular flexibility index (Phi) is 5.03. The van der Waals surface area contributed by atoms with E-state index in [4.69, 9.17) is 11.6 Å². The fourth-order valence-electron chi connectivity index (χ4n) is 2.08. The van der Waals surface area contributed by atoms with Crippen molar-refractivity contribution in [2.75, 3.05) is 5.32 Å². The Morgan fingerprint density at radius 1 is 0.958 bits per heavy atom. The van der Waals surface area contributed by atoms with Crippen LogP contribution in [0.15, 0.2) is 67.0 Å². The number of halogens is 1. The van der Waals surface area contributed by atoms with E-state index in [-0.39, 0.29) is 5.91 Å². The summed E-state index contributed by atoms with van der Waals surface area (Å²) in [5.74, 6) is 0.185. The van der Waals surface area contributed by atoms with Crippen LogP contribution in [0.25, 0.3) is 0 Å². The van der Waals surface area contributed by atoms with Gasteiger partial charge in [-0.05, 0) is 23.8 Å². The molecule has 0 aliphatic carbocycles. The van der Waals surface area contributed by atoms with Gasteiger partial charge in [0.15, 0.2) is 0 Å². The molecule has 0 saturated carbocycles. The summed E-state index contributed by atoms with van der Waals surface area (Å²) in [5.41, 5.74) is 2.13. The maximum absolute atomic E-state index is 12.1. The van der Waals surface area contributed by atoms with Crippen molar-refractivity contribution < 1.29 is 4.79 Å². The molecule has 6 heteroatoms. The lowest BCUT2D eigenvalue weighted by Crippen LogP contribution is -2.23. The number of aromatic nitrogens is 2. The summed E-state index contributed by atoms with van der Waals surface area (Å²) in [6.45, 7) is 0.350. The molecule has 0 aliphatic rings. The van der Waals surface area contributed by atoms with Gasteiger partial charge in [0, 0.05) is 29.6 Å². The lowest BCUT2D eigenvalue weighted by Gasteiger charge is -2.07. The van der Waals surface area contributed by atoms with Crippen molar-refractivity contribution in [3.63, 3.8) is 0 Å². The first-order valence-corrected chi connectivity index (χ1v) is 7.76.